The molecule has 3 N–H and O–H groups in total. The Labute approximate surface area is 148 Å². The van der Waals surface area contributed by atoms with E-state index in [2.05, 4.69) is 10.6 Å². The summed E-state index contributed by atoms with van der Waals surface area (Å²) in [6.07, 6.45) is 9.40. The van der Waals surface area contributed by atoms with Crippen LogP contribution in [-0.4, -0.2) is 28.7 Å². The maximum Gasteiger partial charge on any atom is 0.409 e. The second-order valence-corrected chi connectivity index (χ2v) is 7.82. The predicted molar refractivity (Wildman–Crippen MR) is 97.2 cm³/mol. The fraction of sp³-hybridized carbons (Fsp3) is 0.579. The number of carbonyl (C=O) groups excluding carboxylic acids is 1. The number of nitrogens with one attached hydrogen (secondary N) is 2. The van der Waals surface area contributed by atoms with E-state index < -0.39 is 11.7 Å². The highest BCUT2D eigenvalue weighted by atomic mass is 16.6. The summed E-state index contributed by atoms with van der Waals surface area (Å²) in [5, 5.41) is 15.7. The molecule has 0 aromatic rings. The van der Waals surface area contributed by atoms with Gasteiger partial charge in [-0.15, -0.1) is 0 Å². The summed E-state index contributed by atoms with van der Waals surface area (Å²) in [6.45, 7) is 5.55. The Kier molecular flexibility index (Phi) is 4.88. The molecule has 0 fully saturated rings. The van der Waals surface area contributed by atoms with Gasteiger partial charge in [-0.05, 0) is 64.2 Å². The minimum atomic E-state index is -0.496. The molecular weight excluding hydrogens is 318 g/mol. The van der Waals surface area contributed by atoms with Crippen molar-refractivity contribution < 1.29 is 14.6 Å². The van der Waals surface area contributed by atoms with Crippen LogP contribution in [0, 0.1) is 5.92 Å². The van der Waals surface area contributed by atoms with Crippen LogP contribution >= 0.6 is 0 Å². The highest BCUT2D eigenvalue weighted by molar-refractivity contribution is 6.01. The molecule has 6 heteroatoms. The smallest absolute Gasteiger partial charge is 0.409 e. The average Bonchev–Trinajstić information content (AvgIpc) is 2.53. The van der Waals surface area contributed by atoms with Crippen molar-refractivity contribution >= 4 is 11.8 Å². The zero-order valence-electron chi connectivity index (χ0n) is 15.1. The maximum atomic E-state index is 11.8. The first kappa shape index (κ1) is 17.6. The number of fused-ring (bicyclic) bond motifs is 1. The first-order chi connectivity index (χ1) is 11.8. The van der Waals surface area contributed by atoms with Crippen LogP contribution in [0.4, 0.5) is 4.79 Å². The molecule has 1 aliphatic carbocycles. The molecule has 1 amide bonds. The highest BCUT2D eigenvalue weighted by Crippen LogP contribution is 2.34. The van der Waals surface area contributed by atoms with Crippen LogP contribution in [-0.2, 0) is 4.74 Å². The molecule has 1 unspecified atom stereocenters. The number of carbonyl (C=O) groups is 1. The summed E-state index contributed by atoms with van der Waals surface area (Å²) in [5.74, 6) is 0.787. The third kappa shape index (κ3) is 4.65. The summed E-state index contributed by atoms with van der Waals surface area (Å²) < 4.78 is 5.28. The Morgan fingerprint density at radius 2 is 2.12 bits per heavy atom. The number of alkyl carbamates (subject to hydrolysis) is 1. The van der Waals surface area contributed by atoms with Crippen LogP contribution < -0.4 is 10.6 Å². The first-order valence-electron chi connectivity index (χ1n) is 8.92. The van der Waals surface area contributed by atoms with Gasteiger partial charge in [0.1, 0.15) is 11.8 Å². The molecule has 2 atom stereocenters. The van der Waals surface area contributed by atoms with Crippen molar-refractivity contribution in [1.29, 1.82) is 0 Å². The fourth-order valence-corrected chi connectivity index (χ4v) is 3.32. The van der Waals surface area contributed by atoms with E-state index >= 15 is 0 Å². The molecule has 0 bridgehead atoms. The molecule has 0 aromatic heterocycles. The molecule has 2 aliphatic heterocycles. The van der Waals surface area contributed by atoms with Gasteiger partial charge in [0.05, 0.1) is 5.76 Å². The number of ether oxygens (including phenoxy) is 1. The molecule has 0 saturated carbocycles. The van der Waals surface area contributed by atoms with Gasteiger partial charge >= 0.3 is 6.09 Å². The molecule has 0 spiro atoms. The van der Waals surface area contributed by atoms with E-state index in [0.29, 0.717) is 18.1 Å². The van der Waals surface area contributed by atoms with Crippen molar-refractivity contribution in [3.8, 4) is 0 Å². The minimum Gasteiger partial charge on any atom is -0.512 e. The van der Waals surface area contributed by atoms with Crippen molar-refractivity contribution in [2.75, 3.05) is 0 Å². The lowest BCUT2D eigenvalue weighted by Gasteiger charge is -2.30. The third-order valence-electron chi connectivity index (χ3n) is 4.54. The minimum absolute atomic E-state index is 0.121. The van der Waals surface area contributed by atoms with Gasteiger partial charge in [0.2, 0.25) is 0 Å². The lowest BCUT2D eigenvalue weighted by molar-refractivity contribution is 0.0494. The van der Waals surface area contributed by atoms with E-state index in [1.807, 2.05) is 33.0 Å². The van der Waals surface area contributed by atoms with Gasteiger partial charge in [-0.2, -0.15) is 0 Å². The van der Waals surface area contributed by atoms with Gasteiger partial charge < -0.3 is 20.5 Å². The first-order valence-corrected chi connectivity index (χ1v) is 8.92. The summed E-state index contributed by atoms with van der Waals surface area (Å²) >= 11 is 0. The number of rotatable bonds is 2. The monoisotopic (exact) mass is 345 g/mol. The van der Waals surface area contributed by atoms with Gasteiger partial charge in [0.25, 0.3) is 0 Å². The normalized spacial score (nSPS) is 26.2. The Morgan fingerprint density at radius 3 is 2.80 bits per heavy atom. The van der Waals surface area contributed by atoms with Crippen molar-refractivity contribution in [3.63, 3.8) is 0 Å². The summed E-state index contributed by atoms with van der Waals surface area (Å²) in [4.78, 5) is 16.6. The number of aliphatic imine (C=N–C) groups is 1. The van der Waals surface area contributed by atoms with Crippen LogP contribution in [0.1, 0.15) is 52.9 Å². The number of aliphatic hydroxyl groups is 1. The number of hydrogen-bond acceptors (Lipinski definition) is 5. The van der Waals surface area contributed by atoms with E-state index in [4.69, 9.17) is 9.73 Å². The van der Waals surface area contributed by atoms with Gasteiger partial charge in [-0.3, -0.25) is 4.99 Å². The van der Waals surface area contributed by atoms with Gasteiger partial charge in [0, 0.05) is 29.9 Å². The number of aliphatic hydroxyl groups excluding tert-OH is 1. The van der Waals surface area contributed by atoms with E-state index in [9.17, 15) is 9.90 Å². The maximum absolute atomic E-state index is 11.8. The molecule has 3 rings (SSSR count). The second kappa shape index (κ2) is 6.94. The van der Waals surface area contributed by atoms with Gasteiger partial charge in [0.15, 0.2) is 0 Å². The molecule has 6 nitrogen and oxygen atoms in total. The van der Waals surface area contributed by atoms with Crippen LogP contribution in [0.15, 0.2) is 40.4 Å². The van der Waals surface area contributed by atoms with Crippen molar-refractivity contribution in [3.05, 3.63) is 35.4 Å². The van der Waals surface area contributed by atoms with Crippen molar-refractivity contribution in [2.24, 2.45) is 10.9 Å². The van der Waals surface area contributed by atoms with Crippen LogP contribution in [0.25, 0.3) is 0 Å². The quantitative estimate of drug-likeness (QED) is 0.713. The topological polar surface area (TPSA) is 83.0 Å². The van der Waals surface area contributed by atoms with E-state index in [-0.39, 0.29) is 6.17 Å². The molecule has 0 aromatic carbocycles. The standard InChI is InChI=1S/C19H27N3O3/c1-19(2,3)25-18(24)22-17-9-5-13(11-20-17)16-7-4-12-10-14(23)6-8-15(12)21-16/h6,8,11-12,17,20,23H,4-5,7,9-10H2,1-3H3,(H,22,24)/t12-,17?/m1/s1. The summed E-state index contributed by atoms with van der Waals surface area (Å²) in [5.41, 5.74) is 2.87. The largest absolute Gasteiger partial charge is 0.512 e. The molecular formula is C19H27N3O3. The second-order valence-electron chi connectivity index (χ2n) is 7.82. The van der Waals surface area contributed by atoms with E-state index in [0.717, 1.165) is 37.1 Å². The zero-order chi connectivity index (χ0) is 18.0. The molecule has 3 aliphatic rings. The van der Waals surface area contributed by atoms with Crippen molar-refractivity contribution in [1.82, 2.24) is 10.6 Å². The SMILES string of the molecule is CC(C)(C)OC(=O)NC1CCC(C2=NC3=CC=C(O)C[C@H]3CC2)=CN1. The molecule has 25 heavy (non-hydrogen) atoms. The van der Waals surface area contributed by atoms with Gasteiger partial charge in [-0.1, -0.05) is 0 Å². The number of amides is 1. The molecule has 0 saturated heterocycles. The van der Waals surface area contributed by atoms with E-state index in [1.54, 1.807) is 6.08 Å². The number of nitrogens with zero attached hydrogens (tertiary/aromatic N) is 1. The Morgan fingerprint density at radius 1 is 1.32 bits per heavy atom. The molecule has 0 radical (unpaired) electrons. The van der Waals surface area contributed by atoms with E-state index in [1.165, 1.54) is 5.57 Å². The Balaban J connectivity index is 1.59. The fourth-order valence-electron chi connectivity index (χ4n) is 3.32. The zero-order valence-corrected chi connectivity index (χ0v) is 15.1. The predicted octanol–water partition coefficient (Wildman–Crippen LogP) is 3.69. The number of hydrogen-bond donors (Lipinski definition) is 3. The third-order valence-corrected chi connectivity index (χ3v) is 4.54. The van der Waals surface area contributed by atoms with Crippen LogP contribution in [0.5, 0.6) is 0 Å². The molecule has 2 heterocycles. The average molecular weight is 345 g/mol. The lowest BCUT2D eigenvalue weighted by atomic mass is 9.85. The lowest BCUT2D eigenvalue weighted by Crippen LogP contribution is -2.47. The highest BCUT2D eigenvalue weighted by Gasteiger charge is 2.27. The summed E-state index contributed by atoms with van der Waals surface area (Å²) in [6, 6.07) is 0. The Hall–Kier alpha value is -2.24. The molecule has 136 valence electrons. The number of allylic oxidation sites excluding steroid dienone is 5. The van der Waals surface area contributed by atoms with Crippen molar-refractivity contribution in [2.45, 2.75) is 64.6 Å². The Bertz CT molecular complexity index is 668. The van der Waals surface area contributed by atoms with Gasteiger partial charge in [-0.25, -0.2) is 4.79 Å². The van der Waals surface area contributed by atoms with Crippen LogP contribution in [0.2, 0.25) is 0 Å². The summed E-state index contributed by atoms with van der Waals surface area (Å²) in [7, 11) is 0. The van der Waals surface area contributed by atoms with Crippen LogP contribution in [0.3, 0.4) is 0 Å².